The van der Waals surface area contributed by atoms with Gasteiger partial charge >= 0.3 is 0 Å². The summed E-state index contributed by atoms with van der Waals surface area (Å²) >= 11 is 2.62. The fourth-order valence-corrected chi connectivity index (χ4v) is 7.81. The Bertz CT molecular complexity index is 2150. The lowest BCUT2D eigenvalue weighted by Crippen LogP contribution is -2.33. The standard InChI is InChI=1S/C39H32N6O4S2/c1-25(46)45-19-17-31-32(22-40)39(51-34(31)24-45)44-38(49)35(27-11-4-2-5-12-27)50-30-16-8-15-29(21-30)42-37(48)33(20-26-10-9-18-41-23-26)43-36(47)28-13-6-3-7-14-28/h2-16,18,20-21,23,35H,17,19,24H2,1H3,(H,42,48)(H,43,47)(H,44,49)/b33-20-. The second-order valence-electron chi connectivity index (χ2n) is 11.6. The minimum atomic E-state index is -0.706. The third-order valence-corrected chi connectivity index (χ3v) is 10.4. The molecule has 51 heavy (non-hydrogen) atoms. The van der Waals surface area contributed by atoms with Crippen LogP contribution in [0.3, 0.4) is 0 Å². The van der Waals surface area contributed by atoms with Crippen LogP contribution in [0.25, 0.3) is 6.08 Å². The van der Waals surface area contributed by atoms with Gasteiger partial charge < -0.3 is 20.9 Å². The maximum absolute atomic E-state index is 14.0. The van der Waals surface area contributed by atoms with Gasteiger partial charge in [-0.2, -0.15) is 5.26 Å². The highest BCUT2D eigenvalue weighted by Crippen LogP contribution is 2.40. The lowest BCUT2D eigenvalue weighted by atomic mass is 10.0. The smallest absolute Gasteiger partial charge is 0.272 e. The number of anilines is 2. The monoisotopic (exact) mass is 712 g/mol. The zero-order valence-electron chi connectivity index (χ0n) is 27.5. The normalized spacial score (nSPS) is 12.9. The first-order valence-electron chi connectivity index (χ1n) is 16.0. The Labute approximate surface area is 303 Å². The largest absolute Gasteiger partial charge is 0.337 e. The summed E-state index contributed by atoms with van der Waals surface area (Å²) in [6.45, 7) is 2.46. The number of amides is 4. The molecular formula is C39H32N6O4S2. The lowest BCUT2D eigenvalue weighted by Gasteiger charge is -2.25. The summed E-state index contributed by atoms with van der Waals surface area (Å²) in [6.07, 6.45) is 5.30. The zero-order chi connectivity index (χ0) is 35.7. The number of fused-ring (bicyclic) bond motifs is 1. The van der Waals surface area contributed by atoms with Crippen LogP contribution < -0.4 is 16.0 Å². The topological polar surface area (TPSA) is 144 Å². The van der Waals surface area contributed by atoms with E-state index < -0.39 is 17.1 Å². The van der Waals surface area contributed by atoms with Crippen molar-refractivity contribution in [3.05, 3.63) is 148 Å². The average Bonchev–Trinajstić information content (AvgIpc) is 3.50. The van der Waals surface area contributed by atoms with Gasteiger partial charge in [0.05, 0.1) is 12.1 Å². The minimum Gasteiger partial charge on any atom is -0.337 e. The predicted molar refractivity (Wildman–Crippen MR) is 199 cm³/mol. The van der Waals surface area contributed by atoms with Crippen molar-refractivity contribution in [1.82, 2.24) is 15.2 Å². The summed E-state index contributed by atoms with van der Waals surface area (Å²) in [5.41, 5.74) is 3.56. The fraction of sp³-hybridized carbons (Fsp3) is 0.128. The van der Waals surface area contributed by atoms with Gasteiger partial charge in [0.25, 0.3) is 11.8 Å². The van der Waals surface area contributed by atoms with E-state index in [4.69, 9.17) is 0 Å². The SMILES string of the molecule is CC(=O)N1CCc2c(sc(NC(=O)C(Sc3cccc(NC(=O)/C(=C/c4cccnc4)NC(=O)c4ccccc4)c3)c3ccccc3)c2C#N)C1. The zero-order valence-corrected chi connectivity index (χ0v) is 29.1. The van der Waals surface area contributed by atoms with Crippen molar-refractivity contribution in [2.24, 2.45) is 0 Å². The average molecular weight is 713 g/mol. The van der Waals surface area contributed by atoms with Crippen molar-refractivity contribution in [3.8, 4) is 6.07 Å². The molecule has 3 N–H and O–H groups in total. The molecule has 0 fully saturated rings. The number of hydrogen-bond acceptors (Lipinski definition) is 8. The molecule has 6 rings (SSSR count). The van der Waals surface area contributed by atoms with Crippen LogP contribution in [0.1, 0.15) is 49.7 Å². The Morgan fingerprint density at radius 3 is 2.43 bits per heavy atom. The van der Waals surface area contributed by atoms with Crippen LogP contribution in [-0.2, 0) is 27.3 Å². The molecule has 1 aliphatic rings. The summed E-state index contributed by atoms with van der Waals surface area (Å²) in [6, 6.07) is 30.8. The van der Waals surface area contributed by atoms with Crippen LogP contribution in [0, 0.1) is 11.3 Å². The molecule has 0 spiro atoms. The van der Waals surface area contributed by atoms with E-state index in [0.717, 1.165) is 16.0 Å². The molecule has 0 saturated carbocycles. The molecule has 3 aromatic carbocycles. The number of thioether (sulfide) groups is 1. The number of pyridine rings is 1. The number of carbonyl (C=O) groups excluding carboxylic acids is 4. The van der Waals surface area contributed by atoms with E-state index in [1.54, 1.807) is 84.0 Å². The Morgan fingerprint density at radius 2 is 1.73 bits per heavy atom. The van der Waals surface area contributed by atoms with Crippen molar-refractivity contribution in [2.75, 3.05) is 17.2 Å². The van der Waals surface area contributed by atoms with Crippen LogP contribution in [0.15, 0.2) is 120 Å². The van der Waals surface area contributed by atoms with Crippen LogP contribution in [0.4, 0.5) is 10.7 Å². The van der Waals surface area contributed by atoms with Crippen molar-refractivity contribution in [1.29, 1.82) is 5.26 Å². The predicted octanol–water partition coefficient (Wildman–Crippen LogP) is 6.80. The molecule has 0 bridgehead atoms. The number of hydrogen-bond donors (Lipinski definition) is 3. The first kappa shape index (κ1) is 34.8. The van der Waals surface area contributed by atoms with Crippen LogP contribution in [0.2, 0.25) is 0 Å². The van der Waals surface area contributed by atoms with Crippen LogP contribution in [0.5, 0.6) is 0 Å². The van der Waals surface area contributed by atoms with Crippen LogP contribution in [-0.4, -0.2) is 40.1 Å². The van der Waals surface area contributed by atoms with Gasteiger partial charge in [-0.05, 0) is 65.6 Å². The highest BCUT2D eigenvalue weighted by Gasteiger charge is 2.29. The maximum Gasteiger partial charge on any atom is 0.272 e. The van der Waals surface area contributed by atoms with Gasteiger partial charge in [-0.1, -0.05) is 60.7 Å². The summed E-state index contributed by atoms with van der Waals surface area (Å²) in [4.78, 5) is 60.1. The Hall–Kier alpha value is -6.03. The number of nitrogens with zero attached hydrogens (tertiary/aromatic N) is 3. The van der Waals surface area contributed by atoms with Crippen molar-refractivity contribution < 1.29 is 19.2 Å². The van der Waals surface area contributed by atoms with E-state index in [-0.39, 0.29) is 17.5 Å². The quantitative estimate of drug-likeness (QED) is 0.107. The molecule has 3 heterocycles. The number of carbonyl (C=O) groups is 4. The van der Waals surface area contributed by atoms with E-state index in [1.807, 2.05) is 36.4 Å². The summed E-state index contributed by atoms with van der Waals surface area (Å²) in [5.74, 6) is -1.33. The minimum absolute atomic E-state index is 0.0230. The molecule has 4 amide bonds. The molecular weight excluding hydrogens is 681 g/mol. The van der Waals surface area contributed by atoms with Gasteiger partial charge in [-0.15, -0.1) is 23.1 Å². The van der Waals surface area contributed by atoms with Gasteiger partial charge in [0.15, 0.2) is 0 Å². The molecule has 1 atom stereocenters. The highest BCUT2D eigenvalue weighted by atomic mass is 32.2. The highest BCUT2D eigenvalue weighted by molar-refractivity contribution is 8.00. The third-order valence-electron chi connectivity index (χ3n) is 8.06. The molecule has 1 aliphatic heterocycles. The summed E-state index contributed by atoms with van der Waals surface area (Å²) in [7, 11) is 0. The van der Waals surface area contributed by atoms with Gasteiger partial charge in [-0.3, -0.25) is 24.2 Å². The number of aromatic nitrogens is 1. The molecule has 10 nitrogen and oxygen atoms in total. The first-order valence-corrected chi connectivity index (χ1v) is 17.7. The van der Waals surface area contributed by atoms with Gasteiger partial charge in [-0.25, -0.2) is 0 Å². The lowest BCUT2D eigenvalue weighted by molar-refractivity contribution is -0.129. The fourth-order valence-electron chi connectivity index (χ4n) is 5.51. The van der Waals surface area contributed by atoms with E-state index in [9.17, 15) is 24.4 Å². The summed E-state index contributed by atoms with van der Waals surface area (Å²) < 4.78 is 0. The number of nitriles is 1. The molecule has 0 aliphatic carbocycles. The summed E-state index contributed by atoms with van der Waals surface area (Å²) in [5, 5.41) is 18.4. The first-order chi connectivity index (χ1) is 24.8. The third kappa shape index (κ3) is 8.59. The number of benzene rings is 3. The number of nitrogens with one attached hydrogen (secondary N) is 3. The Morgan fingerprint density at radius 1 is 0.961 bits per heavy atom. The van der Waals surface area contributed by atoms with E-state index in [0.29, 0.717) is 51.8 Å². The molecule has 0 saturated heterocycles. The molecule has 2 aromatic heterocycles. The van der Waals surface area contributed by atoms with Crippen molar-refractivity contribution >= 4 is 63.5 Å². The van der Waals surface area contributed by atoms with Gasteiger partial charge in [0.2, 0.25) is 11.8 Å². The number of rotatable bonds is 10. The van der Waals surface area contributed by atoms with Gasteiger partial charge in [0.1, 0.15) is 22.0 Å². The van der Waals surface area contributed by atoms with Crippen molar-refractivity contribution in [2.45, 2.75) is 30.0 Å². The Kier molecular flexibility index (Phi) is 11.0. The maximum atomic E-state index is 14.0. The second kappa shape index (κ2) is 16.1. The van der Waals surface area contributed by atoms with E-state index in [1.165, 1.54) is 30.0 Å². The van der Waals surface area contributed by atoms with E-state index >= 15 is 0 Å². The molecule has 12 heteroatoms. The molecule has 5 aromatic rings. The van der Waals surface area contributed by atoms with E-state index in [2.05, 4.69) is 27.0 Å². The number of thiophene rings is 1. The Balaban J connectivity index is 1.23. The second-order valence-corrected chi connectivity index (χ2v) is 13.8. The molecule has 254 valence electrons. The van der Waals surface area contributed by atoms with Crippen molar-refractivity contribution in [3.63, 3.8) is 0 Å². The van der Waals surface area contributed by atoms with Gasteiger partial charge in [0, 0.05) is 46.9 Å². The molecule has 1 unspecified atom stereocenters. The van der Waals surface area contributed by atoms with Crippen LogP contribution >= 0.6 is 23.1 Å². The molecule has 0 radical (unpaired) electrons.